The number of rotatable bonds is 9. The lowest BCUT2D eigenvalue weighted by molar-refractivity contribution is -0.120. The van der Waals surface area contributed by atoms with Gasteiger partial charge in [-0.3, -0.25) is 9.59 Å². The van der Waals surface area contributed by atoms with Crippen molar-refractivity contribution in [1.29, 1.82) is 0 Å². The van der Waals surface area contributed by atoms with E-state index >= 15 is 0 Å². The van der Waals surface area contributed by atoms with Gasteiger partial charge < -0.3 is 15.5 Å². The van der Waals surface area contributed by atoms with Gasteiger partial charge in [0.1, 0.15) is 0 Å². The lowest BCUT2D eigenvalue weighted by Crippen LogP contribution is -2.38. The fourth-order valence-corrected chi connectivity index (χ4v) is 4.10. The van der Waals surface area contributed by atoms with Crippen LogP contribution in [0.3, 0.4) is 0 Å². The predicted octanol–water partition coefficient (Wildman–Crippen LogP) is 4.29. The minimum atomic E-state index is 0.00896. The second-order valence-corrected chi connectivity index (χ2v) is 8.12. The number of fused-ring (bicyclic) bond motifs is 2. The molecule has 4 aromatic rings. The van der Waals surface area contributed by atoms with Gasteiger partial charge in [-0.1, -0.05) is 72.8 Å². The standard InChI is InChI=1S/C28H29N3O2/c1-21(32)31(26-14-13-22-7-2-3-9-24(22)19-26)18-17-29-15-16-30-28(33)20-25-11-6-10-23-8-4-5-12-27(23)25/h2-14,19,29H,15-18,20H2,1H3,(H,30,33). The second-order valence-electron chi connectivity index (χ2n) is 8.12. The van der Waals surface area contributed by atoms with Crippen molar-refractivity contribution in [2.24, 2.45) is 0 Å². The van der Waals surface area contributed by atoms with Crippen LogP contribution in [0.5, 0.6) is 0 Å². The van der Waals surface area contributed by atoms with Crippen molar-refractivity contribution in [2.75, 3.05) is 31.1 Å². The number of amides is 2. The lowest BCUT2D eigenvalue weighted by Gasteiger charge is -2.22. The number of hydrogen-bond donors (Lipinski definition) is 2. The van der Waals surface area contributed by atoms with Gasteiger partial charge in [0.25, 0.3) is 0 Å². The predicted molar refractivity (Wildman–Crippen MR) is 136 cm³/mol. The van der Waals surface area contributed by atoms with Gasteiger partial charge in [0.2, 0.25) is 11.8 Å². The van der Waals surface area contributed by atoms with Crippen molar-refractivity contribution in [2.45, 2.75) is 13.3 Å². The van der Waals surface area contributed by atoms with Crippen LogP contribution in [-0.2, 0) is 16.0 Å². The molecule has 0 aromatic heterocycles. The van der Waals surface area contributed by atoms with E-state index in [-0.39, 0.29) is 11.8 Å². The van der Waals surface area contributed by atoms with E-state index < -0.39 is 0 Å². The average Bonchev–Trinajstić information content (AvgIpc) is 2.83. The van der Waals surface area contributed by atoms with Crippen molar-refractivity contribution in [1.82, 2.24) is 10.6 Å². The number of nitrogens with one attached hydrogen (secondary N) is 2. The largest absolute Gasteiger partial charge is 0.355 e. The van der Waals surface area contributed by atoms with Gasteiger partial charge in [-0.05, 0) is 39.2 Å². The molecular formula is C28H29N3O2. The van der Waals surface area contributed by atoms with Crippen LogP contribution < -0.4 is 15.5 Å². The molecule has 0 heterocycles. The molecule has 0 atom stereocenters. The zero-order valence-electron chi connectivity index (χ0n) is 18.9. The number of benzene rings is 4. The Balaban J connectivity index is 1.22. The van der Waals surface area contributed by atoms with Crippen molar-refractivity contribution in [3.8, 4) is 0 Å². The first-order valence-corrected chi connectivity index (χ1v) is 11.3. The fraction of sp³-hybridized carbons (Fsp3) is 0.214. The first kappa shape index (κ1) is 22.5. The highest BCUT2D eigenvalue weighted by molar-refractivity contribution is 5.95. The summed E-state index contributed by atoms with van der Waals surface area (Å²) in [4.78, 5) is 26.4. The topological polar surface area (TPSA) is 61.4 Å². The van der Waals surface area contributed by atoms with Gasteiger partial charge >= 0.3 is 0 Å². The highest BCUT2D eigenvalue weighted by Crippen LogP contribution is 2.22. The van der Waals surface area contributed by atoms with E-state index in [1.54, 1.807) is 11.8 Å². The minimum Gasteiger partial charge on any atom is -0.355 e. The zero-order valence-corrected chi connectivity index (χ0v) is 18.9. The summed E-state index contributed by atoms with van der Waals surface area (Å²) < 4.78 is 0. The molecule has 0 aliphatic rings. The van der Waals surface area contributed by atoms with E-state index in [4.69, 9.17) is 0 Å². The second kappa shape index (κ2) is 10.7. The maximum Gasteiger partial charge on any atom is 0.224 e. The van der Waals surface area contributed by atoms with Crippen LogP contribution in [0.2, 0.25) is 0 Å². The molecule has 2 N–H and O–H groups in total. The molecule has 5 nitrogen and oxygen atoms in total. The summed E-state index contributed by atoms with van der Waals surface area (Å²) in [6.07, 6.45) is 0.363. The molecule has 0 aliphatic heterocycles. The third-order valence-corrected chi connectivity index (χ3v) is 5.79. The van der Waals surface area contributed by atoms with Crippen LogP contribution in [0.25, 0.3) is 21.5 Å². The summed E-state index contributed by atoms with van der Waals surface area (Å²) >= 11 is 0. The summed E-state index contributed by atoms with van der Waals surface area (Å²) in [7, 11) is 0. The Hall–Kier alpha value is -3.70. The van der Waals surface area contributed by atoms with E-state index in [0.717, 1.165) is 32.8 Å². The highest BCUT2D eigenvalue weighted by atomic mass is 16.2. The van der Waals surface area contributed by atoms with E-state index in [1.165, 1.54) is 0 Å². The molecule has 4 rings (SSSR count). The van der Waals surface area contributed by atoms with Crippen molar-refractivity contribution >= 4 is 39.0 Å². The maximum absolute atomic E-state index is 12.4. The Morgan fingerprint density at radius 2 is 1.48 bits per heavy atom. The Morgan fingerprint density at radius 3 is 2.30 bits per heavy atom. The number of carbonyl (C=O) groups is 2. The van der Waals surface area contributed by atoms with Crippen LogP contribution in [0.4, 0.5) is 5.69 Å². The molecule has 0 aliphatic carbocycles. The first-order valence-electron chi connectivity index (χ1n) is 11.3. The Kier molecular flexibility index (Phi) is 7.33. The highest BCUT2D eigenvalue weighted by Gasteiger charge is 2.11. The summed E-state index contributed by atoms with van der Waals surface area (Å²) in [5, 5.41) is 10.8. The Bertz CT molecular complexity index is 1260. The van der Waals surface area contributed by atoms with Gasteiger partial charge in [0.15, 0.2) is 0 Å². The molecule has 0 saturated carbocycles. The van der Waals surface area contributed by atoms with Gasteiger partial charge in [-0.25, -0.2) is 0 Å². The summed E-state index contributed by atoms with van der Waals surface area (Å²) in [5.74, 6) is 0.0187. The molecule has 4 aromatic carbocycles. The smallest absolute Gasteiger partial charge is 0.224 e. The summed E-state index contributed by atoms with van der Waals surface area (Å²) in [6, 6.07) is 28.4. The van der Waals surface area contributed by atoms with Crippen LogP contribution in [0.1, 0.15) is 12.5 Å². The molecule has 0 fully saturated rings. The molecule has 168 valence electrons. The zero-order chi connectivity index (χ0) is 23.0. The van der Waals surface area contributed by atoms with Gasteiger partial charge in [-0.15, -0.1) is 0 Å². The van der Waals surface area contributed by atoms with Gasteiger partial charge in [0, 0.05) is 38.8 Å². The summed E-state index contributed by atoms with van der Waals surface area (Å²) in [5.41, 5.74) is 1.93. The fourth-order valence-electron chi connectivity index (χ4n) is 4.10. The molecule has 0 saturated heterocycles. The van der Waals surface area contributed by atoms with Crippen molar-refractivity contribution in [3.63, 3.8) is 0 Å². The third kappa shape index (κ3) is 5.76. The summed E-state index contributed by atoms with van der Waals surface area (Å²) in [6.45, 7) is 3.98. The van der Waals surface area contributed by atoms with Crippen LogP contribution in [-0.4, -0.2) is 38.0 Å². The molecular weight excluding hydrogens is 410 g/mol. The SMILES string of the molecule is CC(=O)N(CCNCCNC(=O)Cc1cccc2ccccc12)c1ccc2ccccc2c1. The average molecular weight is 440 g/mol. The lowest BCUT2D eigenvalue weighted by atomic mass is 10.0. The van der Waals surface area contributed by atoms with Gasteiger partial charge in [-0.2, -0.15) is 0 Å². The van der Waals surface area contributed by atoms with E-state index in [1.807, 2.05) is 54.6 Å². The third-order valence-electron chi connectivity index (χ3n) is 5.79. The molecule has 0 unspecified atom stereocenters. The molecule has 2 amide bonds. The molecule has 0 radical (unpaired) electrons. The number of anilines is 1. The molecule has 0 spiro atoms. The minimum absolute atomic E-state index is 0.00896. The Labute approximate surface area is 194 Å². The molecule has 0 bridgehead atoms. The van der Waals surface area contributed by atoms with Crippen LogP contribution >= 0.6 is 0 Å². The van der Waals surface area contributed by atoms with E-state index in [0.29, 0.717) is 32.6 Å². The van der Waals surface area contributed by atoms with Crippen LogP contribution in [0, 0.1) is 0 Å². The van der Waals surface area contributed by atoms with E-state index in [2.05, 4.69) is 41.0 Å². The Morgan fingerprint density at radius 1 is 0.758 bits per heavy atom. The quantitative estimate of drug-likeness (QED) is 0.383. The normalized spacial score (nSPS) is 10.9. The van der Waals surface area contributed by atoms with Crippen LogP contribution in [0.15, 0.2) is 84.9 Å². The van der Waals surface area contributed by atoms with Crippen molar-refractivity contribution in [3.05, 3.63) is 90.5 Å². The number of hydrogen-bond acceptors (Lipinski definition) is 3. The number of carbonyl (C=O) groups excluding carboxylic acids is 2. The van der Waals surface area contributed by atoms with E-state index in [9.17, 15) is 9.59 Å². The molecule has 33 heavy (non-hydrogen) atoms. The monoisotopic (exact) mass is 439 g/mol. The maximum atomic E-state index is 12.4. The van der Waals surface area contributed by atoms with Crippen molar-refractivity contribution < 1.29 is 9.59 Å². The first-order chi connectivity index (χ1) is 16.1. The van der Waals surface area contributed by atoms with Gasteiger partial charge in [0.05, 0.1) is 6.42 Å². The number of nitrogens with zero attached hydrogens (tertiary/aromatic N) is 1. The molecule has 5 heteroatoms.